The monoisotopic (exact) mass is 247 g/mol. The molecule has 0 spiro atoms. The van der Waals surface area contributed by atoms with Crippen LogP contribution in [0.2, 0.25) is 0 Å². The Hall–Kier alpha value is -1.84. The largest absolute Gasteiger partial charge is 0.426 e. The maximum Gasteiger partial charge on any atom is 0.314 e. The van der Waals surface area contributed by atoms with Gasteiger partial charge in [-0.25, -0.2) is 0 Å². The van der Waals surface area contributed by atoms with Crippen LogP contribution in [0.25, 0.3) is 0 Å². The molecule has 4 heteroatoms. The molecule has 1 aliphatic carbocycles. The molecular weight excluding hydrogens is 230 g/mol. The molecule has 96 valence electrons. The Balaban J connectivity index is 1.93. The summed E-state index contributed by atoms with van der Waals surface area (Å²) in [7, 11) is 0. The third kappa shape index (κ3) is 3.32. The Bertz CT molecular complexity index is 433. The topological polar surface area (TPSA) is 55.4 Å². The van der Waals surface area contributed by atoms with Crippen LogP contribution < -0.4 is 10.1 Å². The molecule has 0 radical (unpaired) electrons. The van der Waals surface area contributed by atoms with Gasteiger partial charge in [0, 0.05) is 12.6 Å². The van der Waals surface area contributed by atoms with Gasteiger partial charge in [0.15, 0.2) is 0 Å². The van der Waals surface area contributed by atoms with Crippen molar-refractivity contribution in [1.29, 1.82) is 0 Å². The van der Waals surface area contributed by atoms with Gasteiger partial charge in [-0.2, -0.15) is 0 Å². The normalized spacial score (nSPS) is 15.4. The molecule has 0 aliphatic heterocycles. The van der Waals surface area contributed by atoms with Gasteiger partial charge >= 0.3 is 5.97 Å². The fourth-order valence-electron chi connectivity index (χ4n) is 2.17. The Kier molecular flexibility index (Phi) is 3.97. The van der Waals surface area contributed by atoms with E-state index >= 15 is 0 Å². The maximum absolute atomic E-state index is 11.8. The number of benzene rings is 1. The Morgan fingerprint density at radius 2 is 1.78 bits per heavy atom. The number of hydrogen-bond donors (Lipinski definition) is 1. The summed E-state index contributed by atoms with van der Waals surface area (Å²) in [4.78, 5) is 22.6. The van der Waals surface area contributed by atoms with Gasteiger partial charge in [0.2, 0.25) is 5.91 Å². The molecule has 18 heavy (non-hydrogen) atoms. The average molecular weight is 247 g/mol. The zero-order valence-corrected chi connectivity index (χ0v) is 10.4. The van der Waals surface area contributed by atoms with E-state index in [1.54, 1.807) is 24.3 Å². The minimum Gasteiger partial charge on any atom is -0.426 e. The zero-order chi connectivity index (χ0) is 13.0. The van der Waals surface area contributed by atoms with Crippen molar-refractivity contribution >= 4 is 17.6 Å². The van der Waals surface area contributed by atoms with Crippen molar-refractivity contribution in [2.75, 3.05) is 5.32 Å². The van der Waals surface area contributed by atoms with E-state index in [-0.39, 0.29) is 17.8 Å². The molecule has 4 nitrogen and oxygen atoms in total. The van der Waals surface area contributed by atoms with Crippen LogP contribution in [-0.2, 0) is 9.59 Å². The fraction of sp³-hybridized carbons (Fsp3) is 0.429. The Labute approximate surface area is 106 Å². The zero-order valence-electron chi connectivity index (χ0n) is 10.4. The molecule has 0 atom stereocenters. The third-order valence-electron chi connectivity index (χ3n) is 3.08. The third-order valence-corrected chi connectivity index (χ3v) is 3.08. The lowest BCUT2D eigenvalue weighted by atomic mass is 10.1. The molecule has 1 aliphatic rings. The second kappa shape index (κ2) is 5.67. The number of hydrogen-bond acceptors (Lipinski definition) is 3. The van der Waals surface area contributed by atoms with Crippen molar-refractivity contribution in [1.82, 2.24) is 0 Å². The maximum atomic E-state index is 11.8. The fourth-order valence-corrected chi connectivity index (χ4v) is 2.17. The number of amides is 1. The summed E-state index contributed by atoms with van der Waals surface area (Å²) in [6.45, 7) is 1.45. The number of carbonyl (C=O) groups excluding carboxylic acids is 2. The number of carbonyl (C=O) groups is 2. The summed E-state index contributed by atoms with van der Waals surface area (Å²) in [5.74, 6) is 0.325. The van der Waals surface area contributed by atoms with Gasteiger partial charge in [-0.3, -0.25) is 9.59 Å². The first-order valence-corrected chi connectivity index (χ1v) is 6.24. The standard InChI is InChI=1S/C14H17NO3/c1-10(16)15-12-6-8-13(9-7-12)18-14(17)11-4-2-3-5-11/h6-9,11H,2-5H2,1H3,(H,15,16). The number of ether oxygens (including phenoxy) is 1. The molecule has 0 aromatic heterocycles. The lowest BCUT2D eigenvalue weighted by Gasteiger charge is -2.09. The van der Waals surface area contributed by atoms with Gasteiger partial charge in [-0.1, -0.05) is 12.8 Å². The molecule has 1 amide bonds. The van der Waals surface area contributed by atoms with Crippen molar-refractivity contribution in [2.45, 2.75) is 32.6 Å². The molecule has 1 aromatic rings. The number of rotatable bonds is 3. The first-order chi connectivity index (χ1) is 8.65. The van der Waals surface area contributed by atoms with Crippen LogP contribution in [0.4, 0.5) is 5.69 Å². The molecule has 1 aromatic carbocycles. The van der Waals surface area contributed by atoms with Gasteiger partial charge in [0.1, 0.15) is 5.75 Å². The molecule has 1 saturated carbocycles. The van der Waals surface area contributed by atoms with Gasteiger partial charge in [0.05, 0.1) is 5.92 Å². The highest BCUT2D eigenvalue weighted by Gasteiger charge is 2.24. The van der Waals surface area contributed by atoms with Gasteiger partial charge < -0.3 is 10.1 Å². The van der Waals surface area contributed by atoms with Crippen molar-refractivity contribution in [2.24, 2.45) is 5.92 Å². The van der Waals surface area contributed by atoms with Crippen LogP contribution in [0.3, 0.4) is 0 Å². The van der Waals surface area contributed by atoms with E-state index in [9.17, 15) is 9.59 Å². The summed E-state index contributed by atoms with van der Waals surface area (Å²) in [6.07, 6.45) is 4.09. The molecule has 2 rings (SSSR count). The SMILES string of the molecule is CC(=O)Nc1ccc(OC(=O)C2CCCC2)cc1. The summed E-state index contributed by atoms with van der Waals surface area (Å²) in [5.41, 5.74) is 0.697. The quantitative estimate of drug-likeness (QED) is 0.660. The van der Waals surface area contributed by atoms with Crippen molar-refractivity contribution in [3.8, 4) is 5.75 Å². The molecule has 0 heterocycles. The van der Waals surface area contributed by atoms with Crippen molar-refractivity contribution in [3.05, 3.63) is 24.3 Å². The van der Waals surface area contributed by atoms with Gasteiger partial charge in [-0.15, -0.1) is 0 Å². The van der Waals surface area contributed by atoms with E-state index in [1.807, 2.05) is 0 Å². The van der Waals surface area contributed by atoms with Crippen LogP contribution in [0.15, 0.2) is 24.3 Å². The molecule has 0 bridgehead atoms. The average Bonchev–Trinajstić information content (AvgIpc) is 2.84. The van der Waals surface area contributed by atoms with Gasteiger partial charge in [0.25, 0.3) is 0 Å². The molecular formula is C14H17NO3. The second-order valence-corrected chi connectivity index (χ2v) is 4.61. The summed E-state index contributed by atoms with van der Waals surface area (Å²) < 4.78 is 5.31. The van der Waals surface area contributed by atoms with Crippen LogP contribution in [0.5, 0.6) is 5.75 Å². The second-order valence-electron chi connectivity index (χ2n) is 4.61. The predicted octanol–water partition coefficient (Wildman–Crippen LogP) is 2.74. The predicted molar refractivity (Wildman–Crippen MR) is 68.3 cm³/mol. The lowest BCUT2D eigenvalue weighted by molar-refractivity contribution is -0.138. The molecule has 1 fully saturated rings. The van der Waals surface area contributed by atoms with Crippen LogP contribution in [-0.4, -0.2) is 11.9 Å². The lowest BCUT2D eigenvalue weighted by Crippen LogP contribution is -2.17. The highest BCUT2D eigenvalue weighted by Crippen LogP contribution is 2.27. The highest BCUT2D eigenvalue weighted by atomic mass is 16.5. The van der Waals surface area contributed by atoms with E-state index < -0.39 is 0 Å². The summed E-state index contributed by atoms with van der Waals surface area (Å²) >= 11 is 0. The Morgan fingerprint density at radius 3 is 2.33 bits per heavy atom. The highest BCUT2D eigenvalue weighted by molar-refractivity contribution is 5.88. The van der Waals surface area contributed by atoms with Crippen LogP contribution >= 0.6 is 0 Å². The molecule has 0 saturated heterocycles. The van der Waals surface area contributed by atoms with Crippen molar-refractivity contribution in [3.63, 3.8) is 0 Å². The smallest absolute Gasteiger partial charge is 0.314 e. The summed E-state index contributed by atoms with van der Waals surface area (Å²) in [5, 5.41) is 2.66. The summed E-state index contributed by atoms with van der Waals surface area (Å²) in [6, 6.07) is 6.83. The van der Waals surface area contributed by atoms with E-state index in [1.165, 1.54) is 6.92 Å². The van der Waals surface area contributed by atoms with Crippen LogP contribution in [0, 0.1) is 5.92 Å². The first kappa shape index (κ1) is 12.6. The number of esters is 1. The minimum atomic E-state index is -0.139. The number of anilines is 1. The van der Waals surface area contributed by atoms with E-state index in [2.05, 4.69) is 5.32 Å². The number of nitrogens with one attached hydrogen (secondary N) is 1. The van der Waals surface area contributed by atoms with E-state index in [4.69, 9.17) is 4.74 Å². The first-order valence-electron chi connectivity index (χ1n) is 6.24. The molecule has 1 N–H and O–H groups in total. The van der Waals surface area contributed by atoms with Gasteiger partial charge in [-0.05, 0) is 37.1 Å². The minimum absolute atomic E-state index is 0.0556. The molecule has 0 unspecified atom stereocenters. The van der Waals surface area contributed by atoms with Crippen LogP contribution in [0.1, 0.15) is 32.6 Å². The van der Waals surface area contributed by atoms with E-state index in [0.29, 0.717) is 11.4 Å². The van der Waals surface area contributed by atoms with Crippen molar-refractivity contribution < 1.29 is 14.3 Å². The van der Waals surface area contributed by atoms with E-state index in [0.717, 1.165) is 25.7 Å². The Morgan fingerprint density at radius 1 is 1.17 bits per heavy atom.